The van der Waals surface area contributed by atoms with Crippen molar-refractivity contribution in [3.63, 3.8) is 0 Å². The summed E-state index contributed by atoms with van der Waals surface area (Å²) >= 11 is 1.81. The Balaban J connectivity index is 1.53. The summed E-state index contributed by atoms with van der Waals surface area (Å²) in [5.41, 5.74) is 2.92. The number of rotatable bonds is 4. The second kappa shape index (κ2) is 8.02. The second-order valence-electron chi connectivity index (χ2n) is 6.20. The van der Waals surface area contributed by atoms with Gasteiger partial charge in [0.25, 0.3) is 0 Å². The van der Waals surface area contributed by atoms with Crippen molar-refractivity contribution >= 4 is 17.7 Å². The third-order valence-electron chi connectivity index (χ3n) is 4.57. The Morgan fingerprint density at radius 2 is 2.00 bits per heavy atom. The fourth-order valence-electron chi connectivity index (χ4n) is 3.34. The van der Waals surface area contributed by atoms with Crippen LogP contribution in [0.25, 0.3) is 0 Å². The van der Waals surface area contributed by atoms with Crippen LogP contribution in [0.2, 0.25) is 0 Å². The maximum Gasteiger partial charge on any atom is 0.230 e. The molecule has 1 N–H and O–H groups in total. The minimum atomic E-state index is 0.179. The molecular formula is C18H25NO2S. The summed E-state index contributed by atoms with van der Waals surface area (Å²) in [6.45, 7) is 1.54. The van der Waals surface area contributed by atoms with E-state index in [1.54, 1.807) is 11.8 Å². The Bertz CT molecular complexity index is 500. The average Bonchev–Trinajstić information content (AvgIpc) is 2.76. The average molecular weight is 319 g/mol. The molecule has 1 aliphatic carbocycles. The van der Waals surface area contributed by atoms with Crippen LogP contribution in [-0.2, 0) is 16.0 Å². The molecule has 0 bridgehead atoms. The molecule has 0 radical (unpaired) electrons. The lowest BCUT2D eigenvalue weighted by atomic mass is 10.0. The number of thioether (sulfide) groups is 1. The molecule has 4 heteroatoms. The van der Waals surface area contributed by atoms with Gasteiger partial charge in [-0.2, -0.15) is 0 Å². The standard InChI is InChI=1S/C18H25NO2S/c20-18(19-15-9-11-21-12-10-15)13-22-17-8-4-2-6-14-5-1-3-7-16(14)17/h1,3,5,7,15,17H,2,4,6,8-13H2,(H,19,20). The SMILES string of the molecule is O=C(CSC1CCCCc2ccccc21)NC1CCOCC1. The number of hydrogen-bond donors (Lipinski definition) is 1. The summed E-state index contributed by atoms with van der Waals surface area (Å²) in [7, 11) is 0. The number of benzene rings is 1. The fourth-order valence-corrected chi connectivity index (χ4v) is 4.52. The molecule has 1 aromatic rings. The van der Waals surface area contributed by atoms with Gasteiger partial charge >= 0.3 is 0 Å². The summed E-state index contributed by atoms with van der Waals surface area (Å²) in [4.78, 5) is 12.2. The van der Waals surface area contributed by atoms with E-state index >= 15 is 0 Å². The normalized spacial score (nSPS) is 22.6. The van der Waals surface area contributed by atoms with Gasteiger partial charge in [0.1, 0.15) is 0 Å². The molecule has 1 fully saturated rings. The quantitative estimate of drug-likeness (QED) is 0.864. The maximum atomic E-state index is 12.2. The minimum absolute atomic E-state index is 0.179. The summed E-state index contributed by atoms with van der Waals surface area (Å²) in [5, 5.41) is 3.63. The lowest BCUT2D eigenvalue weighted by Gasteiger charge is -2.23. The highest BCUT2D eigenvalue weighted by Gasteiger charge is 2.21. The Labute approximate surface area is 137 Å². The number of fused-ring (bicyclic) bond motifs is 1. The predicted molar refractivity (Wildman–Crippen MR) is 91.2 cm³/mol. The Morgan fingerprint density at radius 3 is 2.86 bits per heavy atom. The van der Waals surface area contributed by atoms with Gasteiger partial charge in [0.15, 0.2) is 0 Å². The monoisotopic (exact) mass is 319 g/mol. The third-order valence-corrected chi connectivity index (χ3v) is 5.89. The number of nitrogens with one attached hydrogen (secondary N) is 1. The van der Waals surface area contributed by atoms with Gasteiger partial charge < -0.3 is 10.1 Å². The van der Waals surface area contributed by atoms with Crippen LogP contribution in [0.1, 0.15) is 48.5 Å². The van der Waals surface area contributed by atoms with Crippen molar-refractivity contribution < 1.29 is 9.53 Å². The molecular weight excluding hydrogens is 294 g/mol. The van der Waals surface area contributed by atoms with Crippen molar-refractivity contribution in [2.45, 2.75) is 49.8 Å². The van der Waals surface area contributed by atoms with Crippen molar-refractivity contribution in [2.75, 3.05) is 19.0 Å². The van der Waals surface area contributed by atoms with E-state index in [2.05, 4.69) is 29.6 Å². The van der Waals surface area contributed by atoms with E-state index in [-0.39, 0.29) is 5.91 Å². The van der Waals surface area contributed by atoms with Crippen molar-refractivity contribution in [3.8, 4) is 0 Å². The van der Waals surface area contributed by atoms with E-state index in [1.165, 1.54) is 36.8 Å². The van der Waals surface area contributed by atoms with Crippen LogP contribution in [-0.4, -0.2) is 30.9 Å². The number of aryl methyl sites for hydroxylation is 1. The number of ether oxygens (including phenoxy) is 1. The fraction of sp³-hybridized carbons (Fsp3) is 0.611. The molecule has 1 atom stereocenters. The molecule has 22 heavy (non-hydrogen) atoms. The first kappa shape index (κ1) is 15.9. The highest BCUT2D eigenvalue weighted by Crippen LogP contribution is 2.38. The van der Waals surface area contributed by atoms with Gasteiger partial charge in [-0.1, -0.05) is 30.7 Å². The van der Waals surface area contributed by atoms with Crippen molar-refractivity contribution in [1.82, 2.24) is 5.32 Å². The molecule has 1 aliphatic heterocycles. The van der Waals surface area contributed by atoms with Crippen molar-refractivity contribution in [1.29, 1.82) is 0 Å². The first-order valence-corrected chi connectivity index (χ1v) is 9.44. The van der Waals surface area contributed by atoms with E-state index < -0.39 is 0 Å². The van der Waals surface area contributed by atoms with E-state index in [0.29, 0.717) is 17.0 Å². The molecule has 0 aromatic heterocycles. The molecule has 120 valence electrons. The van der Waals surface area contributed by atoms with E-state index in [4.69, 9.17) is 4.74 Å². The smallest absolute Gasteiger partial charge is 0.230 e. The van der Waals surface area contributed by atoms with E-state index in [0.717, 1.165) is 26.1 Å². The minimum Gasteiger partial charge on any atom is -0.381 e. The first-order chi connectivity index (χ1) is 10.8. The Hall–Kier alpha value is -1.00. The lowest BCUT2D eigenvalue weighted by molar-refractivity contribution is -0.119. The molecule has 1 heterocycles. The first-order valence-electron chi connectivity index (χ1n) is 8.39. The van der Waals surface area contributed by atoms with Crippen LogP contribution < -0.4 is 5.32 Å². The maximum absolute atomic E-state index is 12.2. The van der Waals surface area contributed by atoms with Gasteiger partial charge in [-0.15, -0.1) is 11.8 Å². The van der Waals surface area contributed by atoms with Crippen LogP contribution in [0.15, 0.2) is 24.3 Å². The molecule has 1 saturated heterocycles. The van der Waals surface area contributed by atoms with Gasteiger partial charge in [0.2, 0.25) is 5.91 Å². The van der Waals surface area contributed by atoms with Crippen LogP contribution in [0.3, 0.4) is 0 Å². The highest BCUT2D eigenvalue weighted by atomic mass is 32.2. The zero-order valence-corrected chi connectivity index (χ0v) is 13.9. The summed E-state index contributed by atoms with van der Waals surface area (Å²) < 4.78 is 5.33. The number of amides is 1. The van der Waals surface area contributed by atoms with Crippen molar-refractivity contribution in [2.24, 2.45) is 0 Å². The molecule has 2 aliphatic rings. The molecule has 3 rings (SSSR count). The van der Waals surface area contributed by atoms with Crippen LogP contribution in [0.4, 0.5) is 0 Å². The summed E-state index contributed by atoms with van der Waals surface area (Å²) in [6.07, 6.45) is 6.79. The van der Waals surface area contributed by atoms with E-state index in [1.807, 2.05) is 0 Å². The molecule has 1 aromatic carbocycles. The summed E-state index contributed by atoms with van der Waals surface area (Å²) in [5.74, 6) is 0.745. The van der Waals surface area contributed by atoms with E-state index in [9.17, 15) is 4.79 Å². The van der Waals surface area contributed by atoms with Crippen LogP contribution >= 0.6 is 11.8 Å². The number of carbonyl (C=O) groups is 1. The largest absolute Gasteiger partial charge is 0.381 e. The zero-order valence-electron chi connectivity index (χ0n) is 13.1. The van der Waals surface area contributed by atoms with Gasteiger partial charge in [0.05, 0.1) is 5.75 Å². The highest BCUT2D eigenvalue weighted by molar-refractivity contribution is 8.00. The third kappa shape index (κ3) is 4.26. The van der Waals surface area contributed by atoms with Gasteiger partial charge in [-0.25, -0.2) is 0 Å². The Kier molecular flexibility index (Phi) is 5.79. The predicted octanol–water partition coefficient (Wildman–Crippen LogP) is 3.48. The number of carbonyl (C=O) groups excluding carboxylic acids is 1. The van der Waals surface area contributed by atoms with Gasteiger partial charge in [0, 0.05) is 24.5 Å². The van der Waals surface area contributed by atoms with Gasteiger partial charge in [-0.05, 0) is 43.2 Å². The summed E-state index contributed by atoms with van der Waals surface area (Å²) in [6, 6.07) is 9.05. The zero-order chi connectivity index (χ0) is 15.2. The number of hydrogen-bond acceptors (Lipinski definition) is 3. The van der Waals surface area contributed by atoms with Crippen molar-refractivity contribution in [3.05, 3.63) is 35.4 Å². The van der Waals surface area contributed by atoms with Crippen LogP contribution in [0.5, 0.6) is 0 Å². The molecule has 3 nitrogen and oxygen atoms in total. The molecule has 1 amide bonds. The van der Waals surface area contributed by atoms with Gasteiger partial charge in [-0.3, -0.25) is 4.79 Å². The topological polar surface area (TPSA) is 38.3 Å². The molecule has 0 saturated carbocycles. The van der Waals surface area contributed by atoms with Crippen LogP contribution in [0, 0.1) is 0 Å². The Morgan fingerprint density at radius 1 is 1.18 bits per heavy atom. The second-order valence-corrected chi connectivity index (χ2v) is 7.39. The molecule has 0 spiro atoms. The lowest BCUT2D eigenvalue weighted by Crippen LogP contribution is -2.39. The molecule has 1 unspecified atom stereocenters.